The third-order valence-corrected chi connectivity index (χ3v) is 5.80. The molecule has 144 valence electrons. The van der Waals surface area contributed by atoms with Crippen LogP contribution in [-0.4, -0.2) is 65.4 Å². The van der Waals surface area contributed by atoms with Crippen molar-refractivity contribution in [3.63, 3.8) is 0 Å². The van der Waals surface area contributed by atoms with E-state index in [1.54, 1.807) is 6.07 Å². The summed E-state index contributed by atoms with van der Waals surface area (Å²) < 4.78 is 5.51. The summed E-state index contributed by atoms with van der Waals surface area (Å²) in [6, 6.07) is 9.93. The average Bonchev–Trinajstić information content (AvgIpc) is 3.17. The number of aromatic nitrogens is 2. The molecule has 1 aromatic heterocycles. The van der Waals surface area contributed by atoms with Crippen molar-refractivity contribution in [2.24, 2.45) is 0 Å². The lowest BCUT2D eigenvalue weighted by molar-refractivity contribution is 0.0974. The Morgan fingerprint density at radius 2 is 1.85 bits per heavy atom. The van der Waals surface area contributed by atoms with Crippen molar-refractivity contribution < 1.29 is 9.84 Å². The van der Waals surface area contributed by atoms with E-state index in [9.17, 15) is 5.11 Å². The number of aryl methyl sites for hydroxylation is 1. The minimum Gasteiger partial charge on any atom is -0.507 e. The van der Waals surface area contributed by atoms with Gasteiger partial charge in [-0.25, -0.2) is 9.97 Å². The highest BCUT2D eigenvalue weighted by Gasteiger charge is 2.31. The summed E-state index contributed by atoms with van der Waals surface area (Å²) in [5.41, 5.74) is 1.60. The summed E-state index contributed by atoms with van der Waals surface area (Å²) >= 11 is 0. The number of benzene rings is 1. The van der Waals surface area contributed by atoms with Crippen molar-refractivity contribution in [2.45, 2.75) is 38.3 Å². The van der Waals surface area contributed by atoms with Crippen molar-refractivity contribution in [2.75, 3.05) is 38.2 Å². The molecule has 0 radical (unpaired) electrons. The first-order chi connectivity index (χ1) is 13.1. The van der Waals surface area contributed by atoms with Gasteiger partial charge in [-0.05, 0) is 38.3 Å². The van der Waals surface area contributed by atoms with Crippen LogP contribution >= 0.6 is 0 Å². The Labute approximate surface area is 160 Å². The van der Waals surface area contributed by atoms with Crippen LogP contribution in [0.5, 0.6) is 5.75 Å². The van der Waals surface area contributed by atoms with Crippen LogP contribution in [0.4, 0.5) is 5.82 Å². The van der Waals surface area contributed by atoms with Crippen molar-refractivity contribution in [3.8, 4) is 17.1 Å². The highest BCUT2D eigenvalue weighted by molar-refractivity contribution is 5.65. The molecule has 0 bridgehead atoms. The van der Waals surface area contributed by atoms with E-state index in [0.717, 1.165) is 57.0 Å². The zero-order valence-electron chi connectivity index (χ0n) is 16.1. The SMILES string of the molecule is COC1CCN(C2CCN(c3cc(C)nc(-c4ccccc4O)n3)CC2)C1. The van der Waals surface area contributed by atoms with Gasteiger partial charge in [-0.3, -0.25) is 4.90 Å². The van der Waals surface area contributed by atoms with Crippen molar-refractivity contribution in [3.05, 3.63) is 36.0 Å². The molecule has 2 aliphatic heterocycles. The summed E-state index contributed by atoms with van der Waals surface area (Å²) in [7, 11) is 1.82. The lowest BCUT2D eigenvalue weighted by Gasteiger charge is -2.37. The molecule has 3 heterocycles. The number of ether oxygens (including phenoxy) is 1. The maximum Gasteiger partial charge on any atom is 0.165 e. The molecule has 6 nitrogen and oxygen atoms in total. The number of phenols is 1. The number of piperidine rings is 1. The van der Waals surface area contributed by atoms with Gasteiger partial charge in [0.05, 0.1) is 11.7 Å². The molecule has 4 rings (SSSR count). The Morgan fingerprint density at radius 1 is 1.07 bits per heavy atom. The minimum absolute atomic E-state index is 0.217. The van der Waals surface area contributed by atoms with E-state index in [1.165, 1.54) is 0 Å². The number of hydrogen-bond acceptors (Lipinski definition) is 6. The lowest BCUT2D eigenvalue weighted by Crippen LogP contribution is -2.44. The van der Waals surface area contributed by atoms with Gasteiger partial charge in [0.2, 0.25) is 0 Å². The van der Waals surface area contributed by atoms with Crippen LogP contribution < -0.4 is 4.90 Å². The summed E-state index contributed by atoms with van der Waals surface area (Å²) in [4.78, 5) is 14.2. The van der Waals surface area contributed by atoms with E-state index in [0.29, 0.717) is 23.5 Å². The van der Waals surface area contributed by atoms with Crippen molar-refractivity contribution in [1.82, 2.24) is 14.9 Å². The monoisotopic (exact) mass is 368 g/mol. The van der Waals surface area contributed by atoms with Crippen LogP contribution in [0.25, 0.3) is 11.4 Å². The van der Waals surface area contributed by atoms with Gasteiger partial charge in [-0.1, -0.05) is 12.1 Å². The Kier molecular flexibility index (Phi) is 5.27. The molecule has 0 amide bonds. The van der Waals surface area contributed by atoms with E-state index in [4.69, 9.17) is 9.72 Å². The summed E-state index contributed by atoms with van der Waals surface area (Å²) in [6.45, 7) is 6.18. The van der Waals surface area contributed by atoms with Gasteiger partial charge < -0.3 is 14.7 Å². The third-order valence-electron chi connectivity index (χ3n) is 5.80. The first kappa shape index (κ1) is 18.2. The highest BCUT2D eigenvalue weighted by atomic mass is 16.5. The topological polar surface area (TPSA) is 61.7 Å². The number of aromatic hydroxyl groups is 1. The lowest BCUT2D eigenvalue weighted by atomic mass is 10.0. The molecule has 2 fully saturated rings. The quantitative estimate of drug-likeness (QED) is 0.895. The number of methoxy groups -OCH3 is 1. The second-order valence-electron chi connectivity index (χ2n) is 7.57. The predicted molar refractivity (Wildman–Crippen MR) is 106 cm³/mol. The number of anilines is 1. The Balaban J connectivity index is 1.46. The first-order valence-electron chi connectivity index (χ1n) is 9.80. The molecule has 1 unspecified atom stereocenters. The molecule has 27 heavy (non-hydrogen) atoms. The molecule has 2 aliphatic rings. The predicted octanol–water partition coefficient (Wildman–Crippen LogP) is 2.85. The molecule has 0 saturated carbocycles. The first-order valence-corrected chi connectivity index (χ1v) is 9.80. The van der Waals surface area contributed by atoms with Crippen LogP contribution in [0, 0.1) is 6.92 Å². The fourth-order valence-electron chi connectivity index (χ4n) is 4.24. The zero-order valence-corrected chi connectivity index (χ0v) is 16.1. The smallest absolute Gasteiger partial charge is 0.165 e. The number of likely N-dealkylation sites (tertiary alicyclic amines) is 1. The van der Waals surface area contributed by atoms with E-state index in [-0.39, 0.29) is 5.75 Å². The van der Waals surface area contributed by atoms with E-state index in [2.05, 4.69) is 14.8 Å². The van der Waals surface area contributed by atoms with Gasteiger partial charge in [0.25, 0.3) is 0 Å². The molecular weight excluding hydrogens is 340 g/mol. The normalized spacial score (nSPS) is 21.7. The maximum atomic E-state index is 10.1. The Morgan fingerprint density at radius 3 is 2.56 bits per heavy atom. The Bertz CT molecular complexity index is 790. The largest absolute Gasteiger partial charge is 0.507 e. The molecule has 1 aromatic carbocycles. The van der Waals surface area contributed by atoms with Gasteiger partial charge in [0.15, 0.2) is 5.82 Å². The van der Waals surface area contributed by atoms with E-state index in [1.807, 2.05) is 38.3 Å². The highest BCUT2D eigenvalue weighted by Crippen LogP contribution is 2.29. The number of nitrogens with zero attached hydrogens (tertiary/aromatic N) is 4. The standard InChI is InChI=1S/C21H28N4O2/c1-15-13-20(23-21(22-15)18-5-3-4-6-19(18)26)24-10-7-16(8-11-24)25-12-9-17(14-25)27-2/h3-6,13,16-17,26H,7-12,14H2,1-2H3. The van der Waals surface area contributed by atoms with Crippen molar-refractivity contribution in [1.29, 1.82) is 0 Å². The molecule has 0 aliphatic carbocycles. The maximum absolute atomic E-state index is 10.1. The molecule has 1 atom stereocenters. The van der Waals surface area contributed by atoms with Crippen LogP contribution in [0.1, 0.15) is 25.0 Å². The van der Waals surface area contributed by atoms with Gasteiger partial charge in [-0.15, -0.1) is 0 Å². The van der Waals surface area contributed by atoms with Crippen LogP contribution in [0.3, 0.4) is 0 Å². The summed E-state index contributed by atoms with van der Waals surface area (Å²) in [5, 5.41) is 10.1. The Hall–Kier alpha value is -2.18. The molecule has 2 saturated heterocycles. The van der Waals surface area contributed by atoms with Crippen LogP contribution in [0.15, 0.2) is 30.3 Å². The molecule has 2 aromatic rings. The van der Waals surface area contributed by atoms with E-state index >= 15 is 0 Å². The average molecular weight is 368 g/mol. The number of hydrogen-bond donors (Lipinski definition) is 1. The molecule has 0 spiro atoms. The second kappa shape index (κ2) is 7.82. The number of rotatable bonds is 4. The molecule has 6 heteroatoms. The molecular formula is C21H28N4O2. The van der Waals surface area contributed by atoms with Gasteiger partial charge >= 0.3 is 0 Å². The van der Waals surface area contributed by atoms with Gasteiger partial charge in [0, 0.05) is 51.1 Å². The van der Waals surface area contributed by atoms with E-state index < -0.39 is 0 Å². The summed E-state index contributed by atoms with van der Waals surface area (Å²) in [5.74, 6) is 1.76. The fraction of sp³-hybridized carbons (Fsp3) is 0.524. The van der Waals surface area contributed by atoms with Crippen molar-refractivity contribution >= 4 is 5.82 Å². The molecule has 1 N–H and O–H groups in total. The minimum atomic E-state index is 0.217. The number of phenolic OH excluding ortho intramolecular Hbond substituents is 1. The van der Waals surface area contributed by atoms with Gasteiger partial charge in [-0.2, -0.15) is 0 Å². The fourth-order valence-corrected chi connectivity index (χ4v) is 4.24. The third kappa shape index (κ3) is 3.92. The summed E-state index contributed by atoms with van der Waals surface area (Å²) in [6.07, 6.45) is 3.83. The van der Waals surface area contributed by atoms with Crippen LogP contribution in [-0.2, 0) is 4.74 Å². The zero-order chi connectivity index (χ0) is 18.8. The number of para-hydroxylation sites is 1. The second-order valence-corrected chi connectivity index (χ2v) is 7.57. The van der Waals surface area contributed by atoms with Crippen LogP contribution in [0.2, 0.25) is 0 Å². The van der Waals surface area contributed by atoms with Gasteiger partial charge in [0.1, 0.15) is 11.6 Å².